The monoisotopic (exact) mass is 277 g/mol. The number of piperidine rings is 1. The second-order valence-electron chi connectivity index (χ2n) is 5.26. The Bertz CT molecular complexity index is 520. The molecule has 1 N–H and O–H groups in total. The number of aromatic hydroxyl groups is 1. The van der Waals surface area contributed by atoms with E-state index in [9.17, 15) is 15.2 Å². The minimum Gasteiger partial charge on any atom is -0.502 e. The Morgan fingerprint density at radius 3 is 2.65 bits per heavy atom. The maximum Gasteiger partial charge on any atom is 0.311 e. The van der Waals surface area contributed by atoms with Crippen molar-refractivity contribution in [2.75, 3.05) is 0 Å². The molecule has 0 saturated carbocycles. The molecule has 0 spiro atoms. The number of hydrogen-bond acceptors (Lipinski definition) is 5. The van der Waals surface area contributed by atoms with E-state index in [0.717, 1.165) is 12.8 Å². The van der Waals surface area contributed by atoms with Gasteiger partial charge < -0.3 is 5.11 Å². The summed E-state index contributed by atoms with van der Waals surface area (Å²) >= 11 is 0. The Morgan fingerprint density at radius 1 is 1.40 bits per heavy atom. The zero-order valence-corrected chi connectivity index (χ0v) is 11.7. The lowest BCUT2D eigenvalue weighted by Crippen LogP contribution is -2.39. The van der Waals surface area contributed by atoms with Crippen molar-refractivity contribution < 1.29 is 10.0 Å². The third-order valence-electron chi connectivity index (χ3n) is 3.68. The molecule has 1 aliphatic rings. The van der Waals surface area contributed by atoms with E-state index in [1.54, 1.807) is 12.3 Å². The fourth-order valence-electron chi connectivity index (χ4n) is 2.54. The van der Waals surface area contributed by atoms with E-state index < -0.39 is 4.92 Å². The van der Waals surface area contributed by atoms with Crippen LogP contribution < -0.4 is 0 Å². The van der Waals surface area contributed by atoms with Crippen LogP contribution in [-0.4, -0.2) is 33.3 Å². The Balaban J connectivity index is 2.18. The van der Waals surface area contributed by atoms with Crippen LogP contribution in [0.3, 0.4) is 0 Å². The van der Waals surface area contributed by atoms with Crippen LogP contribution in [0.25, 0.3) is 0 Å². The van der Waals surface area contributed by atoms with Crippen molar-refractivity contribution in [1.82, 2.24) is 5.01 Å². The highest BCUT2D eigenvalue weighted by Gasteiger charge is 2.22. The van der Waals surface area contributed by atoms with Crippen LogP contribution in [0.1, 0.15) is 38.7 Å². The first-order valence-electron chi connectivity index (χ1n) is 6.78. The number of hydrazone groups is 1. The van der Waals surface area contributed by atoms with Gasteiger partial charge in [0.1, 0.15) is 0 Å². The summed E-state index contributed by atoms with van der Waals surface area (Å²) in [7, 11) is 0. The first kappa shape index (κ1) is 14.3. The molecule has 1 aliphatic heterocycles. The molecular weight excluding hydrogens is 258 g/mol. The zero-order chi connectivity index (χ0) is 14.7. The molecule has 6 heteroatoms. The molecule has 1 fully saturated rings. The average molecular weight is 277 g/mol. The molecule has 0 amide bonds. The third kappa shape index (κ3) is 3.07. The Labute approximate surface area is 117 Å². The van der Waals surface area contributed by atoms with E-state index in [0.29, 0.717) is 17.6 Å². The highest BCUT2D eigenvalue weighted by Crippen LogP contribution is 2.26. The first-order valence-corrected chi connectivity index (χ1v) is 6.78. The molecule has 1 aromatic rings. The third-order valence-corrected chi connectivity index (χ3v) is 3.68. The first-order chi connectivity index (χ1) is 9.49. The number of nitrogens with zero attached hydrogens (tertiary/aromatic N) is 3. The van der Waals surface area contributed by atoms with Crippen molar-refractivity contribution in [3.05, 3.63) is 33.9 Å². The van der Waals surface area contributed by atoms with Gasteiger partial charge in [0, 0.05) is 23.7 Å². The Kier molecular flexibility index (Phi) is 4.22. The molecule has 0 bridgehead atoms. The molecular formula is C14H19N3O3. The summed E-state index contributed by atoms with van der Waals surface area (Å²) < 4.78 is 0. The smallest absolute Gasteiger partial charge is 0.311 e. The minimum atomic E-state index is -0.598. The Morgan fingerprint density at radius 2 is 2.05 bits per heavy atom. The summed E-state index contributed by atoms with van der Waals surface area (Å²) in [5.74, 6) is -0.327. The number of phenolic OH excluding ortho intramolecular Hbond substituents is 1. The van der Waals surface area contributed by atoms with E-state index in [4.69, 9.17) is 0 Å². The summed E-state index contributed by atoms with van der Waals surface area (Å²) in [5, 5.41) is 26.7. The molecule has 2 rings (SSSR count). The van der Waals surface area contributed by atoms with Gasteiger partial charge >= 0.3 is 5.69 Å². The normalized spacial score (nSPS) is 23.2. The highest BCUT2D eigenvalue weighted by atomic mass is 16.6. The van der Waals surface area contributed by atoms with Gasteiger partial charge in [0.25, 0.3) is 0 Å². The predicted molar refractivity (Wildman–Crippen MR) is 77.0 cm³/mol. The van der Waals surface area contributed by atoms with Crippen molar-refractivity contribution >= 4 is 11.9 Å². The van der Waals surface area contributed by atoms with Crippen LogP contribution >= 0.6 is 0 Å². The van der Waals surface area contributed by atoms with Crippen LogP contribution in [0.5, 0.6) is 5.75 Å². The second-order valence-corrected chi connectivity index (χ2v) is 5.26. The van der Waals surface area contributed by atoms with E-state index in [1.807, 2.05) is 5.01 Å². The molecule has 20 heavy (non-hydrogen) atoms. The zero-order valence-electron chi connectivity index (χ0n) is 11.7. The van der Waals surface area contributed by atoms with E-state index in [1.165, 1.54) is 18.6 Å². The van der Waals surface area contributed by atoms with Crippen LogP contribution in [-0.2, 0) is 0 Å². The maximum atomic E-state index is 10.8. The summed E-state index contributed by atoms with van der Waals surface area (Å²) in [6.45, 7) is 4.26. The van der Waals surface area contributed by atoms with Crippen LogP contribution in [0, 0.1) is 10.1 Å². The molecule has 0 radical (unpaired) electrons. The van der Waals surface area contributed by atoms with E-state index in [-0.39, 0.29) is 11.4 Å². The molecule has 1 aromatic carbocycles. The number of benzene rings is 1. The largest absolute Gasteiger partial charge is 0.502 e. The van der Waals surface area contributed by atoms with E-state index in [2.05, 4.69) is 18.9 Å². The number of nitro benzene ring substituents is 1. The molecule has 2 atom stereocenters. The van der Waals surface area contributed by atoms with Crippen LogP contribution in [0.2, 0.25) is 0 Å². The van der Waals surface area contributed by atoms with Crippen LogP contribution in [0.4, 0.5) is 5.69 Å². The van der Waals surface area contributed by atoms with Gasteiger partial charge in [0.2, 0.25) is 0 Å². The number of hydrogen-bond donors (Lipinski definition) is 1. The Hall–Kier alpha value is -2.11. The van der Waals surface area contributed by atoms with Gasteiger partial charge in [-0.2, -0.15) is 5.10 Å². The van der Waals surface area contributed by atoms with Gasteiger partial charge in [-0.1, -0.05) is 0 Å². The standard InChI is InChI=1S/C14H19N3O3/c1-10-4-3-5-11(2)16(10)15-9-12-6-7-14(18)13(8-12)17(19)20/h6-11,18H,3-5H2,1-2H3/b15-9-/t10-,11-/m1/s1. The minimum absolute atomic E-state index is 0.298. The van der Waals surface area contributed by atoms with Gasteiger partial charge in [-0.05, 0) is 45.2 Å². The molecule has 1 heterocycles. The second kappa shape index (κ2) is 5.90. The molecule has 108 valence electrons. The topological polar surface area (TPSA) is 79.0 Å². The van der Waals surface area contributed by atoms with Gasteiger partial charge in [-0.3, -0.25) is 15.1 Å². The van der Waals surface area contributed by atoms with Crippen molar-refractivity contribution in [2.24, 2.45) is 5.10 Å². The van der Waals surface area contributed by atoms with Gasteiger partial charge in [0.15, 0.2) is 5.75 Å². The summed E-state index contributed by atoms with van der Waals surface area (Å²) in [4.78, 5) is 10.2. The number of phenols is 1. The van der Waals surface area contributed by atoms with Crippen molar-refractivity contribution in [2.45, 2.75) is 45.2 Å². The lowest BCUT2D eigenvalue weighted by molar-refractivity contribution is -0.385. The maximum absolute atomic E-state index is 10.8. The van der Waals surface area contributed by atoms with Crippen molar-refractivity contribution in [3.8, 4) is 5.75 Å². The van der Waals surface area contributed by atoms with E-state index >= 15 is 0 Å². The number of nitro groups is 1. The molecule has 0 unspecified atom stereocenters. The SMILES string of the molecule is C[C@@H]1CCC[C@@H](C)N1/N=C\c1ccc(O)c([N+](=O)[O-])c1. The lowest BCUT2D eigenvalue weighted by Gasteiger charge is -2.36. The molecule has 6 nitrogen and oxygen atoms in total. The lowest BCUT2D eigenvalue weighted by atomic mass is 10.00. The quantitative estimate of drug-likeness (QED) is 0.523. The fourth-order valence-corrected chi connectivity index (χ4v) is 2.54. The molecule has 0 aromatic heterocycles. The predicted octanol–water partition coefficient (Wildman–Crippen LogP) is 2.90. The molecule has 1 saturated heterocycles. The molecule has 0 aliphatic carbocycles. The summed E-state index contributed by atoms with van der Waals surface area (Å²) in [6.07, 6.45) is 5.04. The fraction of sp³-hybridized carbons (Fsp3) is 0.500. The summed E-state index contributed by atoms with van der Waals surface area (Å²) in [6, 6.07) is 5.02. The van der Waals surface area contributed by atoms with Crippen molar-refractivity contribution in [3.63, 3.8) is 0 Å². The van der Waals surface area contributed by atoms with Crippen molar-refractivity contribution in [1.29, 1.82) is 0 Å². The van der Waals surface area contributed by atoms with Gasteiger partial charge in [0.05, 0.1) is 11.1 Å². The van der Waals surface area contributed by atoms with Crippen LogP contribution in [0.15, 0.2) is 23.3 Å². The van der Waals surface area contributed by atoms with Gasteiger partial charge in [-0.25, -0.2) is 0 Å². The number of rotatable bonds is 3. The van der Waals surface area contributed by atoms with Gasteiger partial charge in [-0.15, -0.1) is 0 Å². The highest BCUT2D eigenvalue weighted by molar-refractivity contribution is 5.81. The summed E-state index contributed by atoms with van der Waals surface area (Å²) in [5.41, 5.74) is 0.313. The average Bonchev–Trinajstić information content (AvgIpc) is 2.39.